The Labute approximate surface area is 132 Å². The van der Waals surface area contributed by atoms with Gasteiger partial charge in [-0.25, -0.2) is 0 Å². The van der Waals surface area contributed by atoms with Crippen molar-refractivity contribution in [3.63, 3.8) is 0 Å². The van der Waals surface area contributed by atoms with Crippen LogP contribution in [0.1, 0.15) is 43.4 Å². The first-order valence-corrected chi connectivity index (χ1v) is 7.81. The molecular formula is C19H24N2O. The summed E-state index contributed by atoms with van der Waals surface area (Å²) in [7, 11) is 0. The summed E-state index contributed by atoms with van der Waals surface area (Å²) in [5.41, 5.74) is 3.38. The van der Waals surface area contributed by atoms with Crippen LogP contribution in [0.15, 0.2) is 48.8 Å². The Morgan fingerprint density at radius 1 is 1.09 bits per heavy atom. The highest BCUT2D eigenvalue weighted by atomic mass is 16.1. The predicted molar refractivity (Wildman–Crippen MR) is 89.5 cm³/mol. The minimum atomic E-state index is -0.148. The Bertz CT molecular complexity index is 591. The Balaban J connectivity index is 1.92. The maximum Gasteiger partial charge on any atom is 0.227 e. The number of benzene rings is 1. The standard InChI is InChI=1S/C19H24N2O/c1-14(2)11-16-6-8-18(9-7-16)15(3)19(22)21-13-17-5-4-10-20-12-17/h4-10,12,14-15H,11,13H2,1-3H3,(H,21,22)/t15-/m0/s1. The summed E-state index contributed by atoms with van der Waals surface area (Å²) in [6, 6.07) is 12.2. The SMILES string of the molecule is CC(C)Cc1ccc([C@H](C)C(=O)NCc2cccnc2)cc1. The second-order valence-corrected chi connectivity index (χ2v) is 6.14. The number of nitrogens with one attached hydrogen (secondary N) is 1. The van der Waals surface area contributed by atoms with Crippen LogP contribution in [0.4, 0.5) is 0 Å². The van der Waals surface area contributed by atoms with E-state index in [2.05, 4.69) is 48.4 Å². The van der Waals surface area contributed by atoms with Crippen LogP contribution in [0.2, 0.25) is 0 Å². The van der Waals surface area contributed by atoms with Gasteiger partial charge in [0.2, 0.25) is 5.91 Å². The quantitative estimate of drug-likeness (QED) is 0.883. The van der Waals surface area contributed by atoms with Gasteiger partial charge in [-0.15, -0.1) is 0 Å². The number of amides is 1. The molecule has 1 amide bonds. The molecule has 3 nitrogen and oxygen atoms in total. The van der Waals surface area contributed by atoms with E-state index in [0.29, 0.717) is 12.5 Å². The van der Waals surface area contributed by atoms with Crippen molar-refractivity contribution in [1.82, 2.24) is 10.3 Å². The number of hydrogen-bond acceptors (Lipinski definition) is 2. The van der Waals surface area contributed by atoms with Crippen molar-refractivity contribution in [2.75, 3.05) is 0 Å². The van der Waals surface area contributed by atoms with E-state index in [0.717, 1.165) is 17.5 Å². The molecular weight excluding hydrogens is 272 g/mol. The molecule has 0 saturated heterocycles. The lowest BCUT2D eigenvalue weighted by molar-refractivity contribution is -0.122. The topological polar surface area (TPSA) is 42.0 Å². The average Bonchev–Trinajstić information content (AvgIpc) is 2.53. The molecule has 0 bridgehead atoms. The first kappa shape index (κ1) is 16.2. The van der Waals surface area contributed by atoms with Gasteiger partial charge in [-0.05, 0) is 42.0 Å². The van der Waals surface area contributed by atoms with Gasteiger partial charge in [0, 0.05) is 18.9 Å². The van der Waals surface area contributed by atoms with E-state index in [-0.39, 0.29) is 11.8 Å². The van der Waals surface area contributed by atoms with E-state index in [1.807, 2.05) is 19.1 Å². The van der Waals surface area contributed by atoms with Gasteiger partial charge >= 0.3 is 0 Å². The van der Waals surface area contributed by atoms with Crippen molar-refractivity contribution in [1.29, 1.82) is 0 Å². The van der Waals surface area contributed by atoms with Crippen molar-refractivity contribution >= 4 is 5.91 Å². The fourth-order valence-electron chi connectivity index (χ4n) is 2.41. The molecule has 1 atom stereocenters. The van der Waals surface area contributed by atoms with E-state index in [1.165, 1.54) is 5.56 Å². The van der Waals surface area contributed by atoms with Crippen LogP contribution in [0, 0.1) is 5.92 Å². The zero-order chi connectivity index (χ0) is 15.9. The number of carbonyl (C=O) groups is 1. The minimum Gasteiger partial charge on any atom is -0.351 e. The molecule has 2 rings (SSSR count). The number of hydrogen-bond donors (Lipinski definition) is 1. The Morgan fingerprint density at radius 3 is 2.41 bits per heavy atom. The predicted octanol–water partition coefficient (Wildman–Crippen LogP) is 3.70. The molecule has 1 aromatic heterocycles. The smallest absolute Gasteiger partial charge is 0.227 e. The minimum absolute atomic E-state index is 0.0421. The number of carbonyl (C=O) groups excluding carboxylic acids is 1. The summed E-state index contributed by atoms with van der Waals surface area (Å²) in [5, 5.41) is 2.97. The van der Waals surface area contributed by atoms with Gasteiger partial charge < -0.3 is 5.32 Å². The lowest BCUT2D eigenvalue weighted by atomic mass is 9.96. The number of nitrogens with zero attached hydrogens (tertiary/aromatic N) is 1. The van der Waals surface area contributed by atoms with E-state index in [4.69, 9.17) is 0 Å². The third-order valence-electron chi connectivity index (χ3n) is 3.71. The van der Waals surface area contributed by atoms with E-state index >= 15 is 0 Å². The van der Waals surface area contributed by atoms with Gasteiger partial charge in [-0.1, -0.05) is 44.2 Å². The maximum absolute atomic E-state index is 12.2. The molecule has 0 spiro atoms. The van der Waals surface area contributed by atoms with E-state index in [1.54, 1.807) is 12.4 Å². The number of rotatable bonds is 6. The van der Waals surface area contributed by atoms with Crippen molar-refractivity contribution < 1.29 is 4.79 Å². The average molecular weight is 296 g/mol. The molecule has 0 aliphatic heterocycles. The van der Waals surface area contributed by atoms with E-state index < -0.39 is 0 Å². The van der Waals surface area contributed by atoms with Crippen LogP contribution >= 0.6 is 0 Å². The second kappa shape index (κ2) is 7.74. The molecule has 0 saturated carbocycles. The molecule has 0 radical (unpaired) electrons. The van der Waals surface area contributed by atoms with Crippen LogP contribution in [-0.2, 0) is 17.8 Å². The molecule has 22 heavy (non-hydrogen) atoms. The van der Waals surface area contributed by atoms with Gasteiger partial charge in [-0.2, -0.15) is 0 Å². The number of pyridine rings is 1. The van der Waals surface area contributed by atoms with E-state index in [9.17, 15) is 4.79 Å². The molecule has 1 heterocycles. The monoisotopic (exact) mass is 296 g/mol. The fraction of sp³-hybridized carbons (Fsp3) is 0.368. The normalized spacial score (nSPS) is 12.2. The molecule has 3 heteroatoms. The van der Waals surface area contributed by atoms with Gasteiger partial charge in [0.25, 0.3) is 0 Å². The fourth-order valence-corrected chi connectivity index (χ4v) is 2.41. The lowest BCUT2D eigenvalue weighted by Crippen LogP contribution is -2.27. The first-order chi connectivity index (χ1) is 10.6. The highest BCUT2D eigenvalue weighted by Gasteiger charge is 2.14. The third-order valence-corrected chi connectivity index (χ3v) is 3.71. The Morgan fingerprint density at radius 2 is 1.82 bits per heavy atom. The second-order valence-electron chi connectivity index (χ2n) is 6.14. The molecule has 116 valence electrons. The lowest BCUT2D eigenvalue weighted by Gasteiger charge is -2.13. The van der Waals surface area contributed by atoms with Crippen LogP contribution < -0.4 is 5.32 Å². The molecule has 1 N–H and O–H groups in total. The summed E-state index contributed by atoms with van der Waals surface area (Å²) in [6.07, 6.45) is 4.57. The van der Waals surface area contributed by atoms with Gasteiger partial charge in [0.15, 0.2) is 0 Å². The Hall–Kier alpha value is -2.16. The van der Waals surface area contributed by atoms with Crippen molar-refractivity contribution in [2.24, 2.45) is 5.92 Å². The van der Waals surface area contributed by atoms with Crippen LogP contribution in [0.25, 0.3) is 0 Å². The van der Waals surface area contributed by atoms with Crippen molar-refractivity contribution in [2.45, 2.75) is 39.7 Å². The highest BCUT2D eigenvalue weighted by Crippen LogP contribution is 2.17. The largest absolute Gasteiger partial charge is 0.351 e. The van der Waals surface area contributed by atoms with Gasteiger partial charge in [0.1, 0.15) is 0 Å². The van der Waals surface area contributed by atoms with Crippen LogP contribution in [0.3, 0.4) is 0 Å². The summed E-state index contributed by atoms with van der Waals surface area (Å²) in [5.74, 6) is 0.538. The molecule has 0 aliphatic carbocycles. The van der Waals surface area contributed by atoms with Gasteiger partial charge in [-0.3, -0.25) is 9.78 Å². The summed E-state index contributed by atoms with van der Waals surface area (Å²) < 4.78 is 0. The third kappa shape index (κ3) is 4.69. The zero-order valence-electron chi connectivity index (χ0n) is 13.5. The summed E-state index contributed by atoms with van der Waals surface area (Å²) >= 11 is 0. The van der Waals surface area contributed by atoms with Gasteiger partial charge in [0.05, 0.1) is 5.92 Å². The summed E-state index contributed by atoms with van der Waals surface area (Å²) in [6.45, 7) is 6.88. The molecule has 2 aromatic rings. The highest BCUT2D eigenvalue weighted by molar-refractivity contribution is 5.83. The number of aromatic nitrogens is 1. The molecule has 0 fully saturated rings. The maximum atomic E-state index is 12.2. The van der Waals surface area contributed by atoms with Crippen LogP contribution in [0.5, 0.6) is 0 Å². The van der Waals surface area contributed by atoms with Crippen molar-refractivity contribution in [3.05, 3.63) is 65.5 Å². The summed E-state index contributed by atoms with van der Waals surface area (Å²) in [4.78, 5) is 16.3. The molecule has 1 aromatic carbocycles. The Kier molecular flexibility index (Phi) is 5.70. The first-order valence-electron chi connectivity index (χ1n) is 7.81. The zero-order valence-corrected chi connectivity index (χ0v) is 13.5. The van der Waals surface area contributed by atoms with Crippen molar-refractivity contribution in [3.8, 4) is 0 Å². The van der Waals surface area contributed by atoms with Crippen LogP contribution in [-0.4, -0.2) is 10.9 Å². The molecule has 0 aliphatic rings. The molecule has 0 unspecified atom stereocenters.